The van der Waals surface area contributed by atoms with Crippen molar-refractivity contribution in [1.29, 1.82) is 0 Å². The number of benzene rings is 1. The van der Waals surface area contributed by atoms with Crippen LogP contribution >= 0.6 is 0 Å². The fraction of sp³-hybridized carbons (Fsp3) is 0.500. The van der Waals surface area contributed by atoms with Gasteiger partial charge in [-0.2, -0.15) is 0 Å². The Labute approximate surface area is 200 Å². The van der Waals surface area contributed by atoms with Crippen LogP contribution in [0.4, 0.5) is 20.7 Å². The van der Waals surface area contributed by atoms with Crippen molar-refractivity contribution in [3.8, 4) is 0 Å². The lowest BCUT2D eigenvalue weighted by Gasteiger charge is -2.44. The summed E-state index contributed by atoms with van der Waals surface area (Å²) in [4.78, 5) is 26.9. The molecule has 2 N–H and O–H groups in total. The highest BCUT2D eigenvalue weighted by Crippen LogP contribution is 2.39. The SMILES string of the molecule is CNc1ncccc1CN1CCC2(CC1)C(=NC1CCCCC1)NC(=O)N2c1cccc(F)c1. The first-order valence-corrected chi connectivity index (χ1v) is 12.4. The van der Waals surface area contributed by atoms with Crippen LogP contribution in [0.1, 0.15) is 50.5 Å². The van der Waals surface area contributed by atoms with E-state index in [1.165, 1.54) is 31.4 Å². The van der Waals surface area contributed by atoms with Crippen LogP contribution in [0.25, 0.3) is 0 Å². The monoisotopic (exact) mass is 464 g/mol. The summed E-state index contributed by atoms with van der Waals surface area (Å²) in [6, 6.07) is 10.4. The second-order valence-corrected chi connectivity index (χ2v) is 9.58. The molecule has 1 spiro atoms. The Morgan fingerprint density at radius 3 is 2.71 bits per heavy atom. The van der Waals surface area contributed by atoms with Crippen LogP contribution in [0.15, 0.2) is 47.6 Å². The van der Waals surface area contributed by atoms with E-state index < -0.39 is 5.54 Å². The number of hydrogen-bond acceptors (Lipinski definition) is 5. The zero-order chi connectivity index (χ0) is 23.5. The number of carbonyl (C=O) groups excluding carboxylic acids is 1. The molecule has 7 nitrogen and oxygen atoms in total. The van der Waals surface area contributed by atoms with Gasteiger partial charge >= 0.3 is 6.03 Å². The fourth-order valence-electron chi connectivity index (χ4n) is 5.67. The lowest BCUT2D eigenvalue weighted by Crippen LogP contribution is -2.57. The first kappa shape index (κ1) is 22.8. The van der Waals surface area contributed by atoms with E-state index in [9.17, 15) is 9.18 Å². The average Bonchev–Trinajstić information content (AvgIpc) is 3.11. The van der Waals surface area contributed by atoms with Crippen molar-refractivity contribution in [2.24, 2.45) is 4.99 Å². The molecule has 2 aliphatic heterocycles. The van der Waals surface area contributed by atoms with E-state index in [0.717, 1.165) is 62.5 Å². The van der Waals surface area contributed by atoms with Crippen LogP contribution in [-0.2, 0) is 6.54 Å². The summed E-state index contributed by atoms with van der Waals surface area (Å²) in [5.41, 5.74) is 1.17. The lowest BCUT2D eigenvalue weighted by molar-refractivity contribution is 0.184. The summed E-state index contributed by atoms with van der Waals surface area (Å²) in [6.07, 6.45) is 9.02. The standard InChI is InChI=1S/C26H33FN6O/c1-28-23-19(7-6-14-29-23)18-32-15-12-26(13-16-32)24(30-21-9-3-2-4-10-21)31-25(34)33(26)22-11-5-8-20(27)17-22/h5-8,11,14,17,21H,2-4,9-10,12-13,15-16,18H2,1H3,(H,28,29)(H,30,31,34). The molecule has 0 unspecified atom stereocenters. The minimum atomic E-state index is -0.570. The first-order chi connectivity index (χ1) is 16.6. The van der Waals surface area contributed by atoms with Crippen molar-refractivity contribution >= 4 is 23.4 Å². The molecule has 3 fully saturated rings. The zero-order valence-corrected chi connectivity index (χ0v) is 19.8. The molecule has 2 amide bonds. The van der Waals surface area contributed by atoms with E-state index >= 15 is 0 Å². The molecule has 1 aliphatic carbocycles. The maximum absolute atomic E-state index is 14.1. The van der Waals surface area contributed by atoms with E-state index in [2.05, 4.69) is 26.6 Å². The van der Waals surface area contributed by atoms with Crippen molar-refractivity contribution in [3.63, 3.8) is 0 Å². The Balaban J connectivity index is 1.43. The van der Waals surface area contributed by atoms with Crippen LogP contribution in [-0.4, -0.2) is 53.5 Å². The normalized spacial score (nSPS) is 22.4. The largest absolute Gasteiger partial charge is 0.373 e. The average molecular weight is 465 g/mol. The van der Waals surface area contributed by atoms with Gasteiger partial charge in [0.15, 0.2) is 0 Å². The minimum Gasteiger partial charge on any atom is -0.373 e. The number of rotatable bonds is 5. The van der Waals surface area contributed by atoms with Crippen molar-refractivity contribution < 1.29 is 9.18 Å². The summed E-state index contributed by atoms with van der Waals surface area (Å²) in [7, 11) is 1.89. The predicted octanol–water partition coefficient (Wildman–Crippen LogP) is 4.56. The number of amides is 2. The summed E-state index contributed by atoms with van der Waals surface area (Å²) in [5.74, 6) is 1.32. The van der Waals surface area contributed by atoms with Gasteiger partial charge in [-0.3, -0.25) is 20.1 Å². The van der Waals surface area contributed by atoms with E-state index in [0.29, 0.717) is 5.69 Å². The number of halogens is 1. The predicted molar refractivity (Wildman–Crippen MR) is 133 cm³/mol. The quantitative estimate of drug-likeness (QED) is 0.681. The van der Waals surface area contributed by atoms with Gasteiger partial charge in [-0.1, -0.05) is 31.4 Å². The van der Waals surface area contributed by atoms with Crippen molar-refractivity contribution in [2.45, 2.75) is 63.1 Å². The number of amidine groups is 1. The van der Waals surface area contributed by atoms with Crippen molar-refractivity contribution in [1.82, 2.24) is 15.2 Å². The minimum absolute atomic E-state index is 0.210. The number of pyridine rings is 1. The maximum Gasteiger partial charge on any atom is 0.328 e. The number of aliphatic imine (C=N–C) groups is 1. The number of urea groups is 1. The highest BCUT2D eigenvalue weighted by atomic mass is 19.1. The Hall–Kier alpha value is -3.00. The number of hydrogen-bond donors (Lipinski definition) is 2. The van der Waals surface area contributed by atoms with Crippen LogP contribution in [0, 0.1) is 5.82 Å². The Morgan fingerprint density at radius 1 is 1.18 bits per heavy atom. The summed E-state index contributed by atoms with van der Waals surface area (Å²) < 4.78 is 14.1. The van der Waals surface area contributed by atoms with Gasteiger partial charge in [0, 0.05) is 44.1 Å². The van der Waals surface area contributed by atoms with Gasteiger partial charge in [-0.15, -0.1) is 0 Å². The first-order valence-electron chi connectivity index (χ1n) is 12.4. The molecule has 0 bridgehead atoms. The van der Waals surface area contributed by atoms with Gasteiger partial charge in [0.2, 0.25) is 0 Å². The second kappa shape index (κ2) is 9.70. The topological polar surface area (TPSA) is 72.9 Å². The van der Waals surface area contributed by atoms with Gasteiger partial charge in [0.05, 0.1) is 6.04 Å². The van der Waals surface area contributed by atoms with Crippen molar-refractivity contribution in [2.75, 3.05) is 30.4 Å². The molecule has 3 heterocycles. The summed E-state index contributed by atoms with van der Waals surface area (Å²) in [6.45, 7) is 2.40. The molecule has 8 heteroatoms. The van der Waals surface area contributed by atoms with Crippen LogP contribution < -0.4 is 15.5 Å². The number of nitrogens with one attached hydrogen (secondary N) is 2. The molecule has 1 aromatic carbocycles. The Bertz CT molecular complexity index is 1060. The van der Waals surface area contributed by atoms with Gasteiger partial charge in [0.25, 0.3) is 0 Å². The molecule has 180 valence electrons. The third-order valence-corrected chi connectivity index (χ3v) is 7.46. The molecule has 3 aliphatic rings. The number of likely N-dealkylation sites (tertiary alicyclic amines) is 1. The molecule has 0 radical (unpaired) electrons. The van der Waals surface area contributed by atoms with Crippen molar-refractivity contribution in [3.05, 3.63) is 54.0 Å². The van der Waals surface area contributed by atoms with Gasteiger partial charge in [-0.05, 0) is 49.9 Å². The zero-order valence-electron chi connectivity index (χ0n) is 19.8. The Kier molecular flexibility index (Phi) is 6.50. The molecule has 34 heavy (non-hydrogen) atoms. The number of piperidine rings is 1. The molecular formula is C26H33FN6O. The third kappa shape index (κ3) is 4.39. The highest BCUT2D eigenvalue weighted by molar-refractivity contribution is 6.19. The van der Waals surface area contributed by atoms with Crippen LogP contribution in [0.5, 0.6) is 0 Å². The van der Waals surface area contributed by atoms with Crippen LogP contribution in [0.3, 0.4) is 0 Å². The summed E-state index contributed by atoms with van der Waals surface area (Å²) >= 11 is 0. The number of nitrogens with zero attached hydrogens (tertiary/aromatic N) is 4. The molecular weight excluding hydrogens is 431 g/mol. The van der Waals surface area contributed by atoms with E-state index in [4.69, 9.17) is 4.99 Å². The van der Waals surface area contributed by atoms with Crippen LogP contribution in [0.2, 0.25) is 0 Å². The lowest BCUT2D eigenvalue weighted by atomic mass is 9.84. The third-order valence-electron chi connectivity index (χ3n) is 7.46. The molecule has 5 rings (SSSR count). The molecule has 1 aromatic heterocycles. The fourth-order valence-corrected chi connectivity index (χ4v) is 5.67. The van der Waals surface area contributed by atoms with Gasteiger partial charge < -0.3 is 5.32 Å². The molecule has 0 atom stereocenters. The smallest absolute Gasteiger partial charge is 0.328 e. The molecule has 1 saturated carbocycles. The molecule has 2 aromatic rings. The van der Waals surface area contributed by atoms with E-state index in [1.54, 1.807) is 17.2 Å². The maximum atomic E-state index is 14.1. The second-order valence-electron chi connectivity index (χ2n) is 9.58. The van der Waals surface area contributed by atoms with E-state index in [-0.39, 0.29) is 17.9 Å². The number of anilines is 2. The Morgan fingerprint density at radius 2 is 1.97 bits per heavy atom. The number of aromatic nitrogens is 1. The highest BCUT2D eigenvalue weighted by Gasteiger charge is 2.53. The van der Waals surface area contributed by atoms with Gasteiger partial charge in [0.1, 0.15) is 23.0 Å². The number of carbonyl (C=O) groups is 1. The van der Waals surface area contributed by atoms with E-state index in [1.807, 2.05) is 19.2 Å². The van der Waals surface area contributed by atoms with Gasteiger partial charge in [-0.25, -0.2) is 14.2 Å². The summed E-state index contributed by atoms with van der Waals surface area (Å²) in [5, 5.41) is 6.26. The molecule has 2 saturated heterocycles.